The van der Waals surface area contributed by atoms with Crippen LogP contribution in [0.3, 0.4) is 0 Å². The summed E-state index contributed by atoms with van der Waals surface area (Å²) in [6.45, 7) is 0.237. The third-order valence-corrected chi connectivity index (χ3v) is 4.60. The molecule has 0 saturated carbocycles. The molecule has 0 aliphatic carbocycles. The third-order valence-electron chi connectivity index (χ3n) is 4.60. The molecule has 3 aromatic carbocycles. The van der Waals surface area contributed by atoms with Gasteiger partial charge >= 0.3 is 6.03 Å². The Hall–Kier alpha value is -4.40. The number of carbonyl (C=O) groups is 2. The molecule has 0 radical (unpaired) electrons. The minimum Gasteiger partial charge on any atom is -0.382 e. The van der Waals surface area contributed by atoms with Crippen LogP contribution >= 0.6 is 0 Å². The average molecular weight is 418 g/mol. The van der Waals surface area contributed by atoms with Gasteiger partial charge in [-0.1, -0.05) is 18.2 Å². The summed E-state index contributed by atoms with van der Waals surface area (Å²) < 4.78 is 12.9. The molecule has 1 heterocycles. The monoisotopic (exact) mass is 418 g/mol. The molecule has 0 fully saturated rings. The van der Waals surface area contributed by atoms with Gasteiger partial charge in [-0.2, -0.15) is 5.10 Å². The quantitative estimate of drug-likeness (QED) is 0.337. The van der Waals surface area contributed by atoms with Crippen molar-refractivity contribution in [1.82, 2.24) is 15.5 Å². The average Bonchev–Trinajstić information content (AvgIpc) is 3.15. The lowest BCUT2D eigenvalue weighted by Gasteiger charge is -2.10. The Kier molecular flexibility index (Phi) is 5.48. The number of nitrogens with one attached hydrogen (secondary N) is 4. The second-order valence-electron chi connectivity index (χ2n) is 6.81. The first kappa shape index (κ1) is 19.9. The first-order valence-corrected chi connectivity index (χ1v) is 9.43. The lowest BCUT2D eigenvalue weighted by Crippen LogP contribution is -2.28. The van der Waals surface area contributed by atoms with Gasteiger partial charge in [0, 0.05) is 17.9 Å². The number of nitrogens with zero attached hydrogens (tertiary/aromatic N) is 1. The Balaban J connectivity index is 1.40. The van der Waals surface area contributed by atoms with Crippen LogP contribution in [0.1, 0.15) is 15.9 Å². The van der Waals surface area contributed by atoms with Crippen molar-refractivity contribution in [2.45, 2.75) is 6.54 Å². The normalized spacial score (nSPS) is 10.6. The van der Waals surface area contributed by atoms with Crippen molar-refractivity contribution in [2.75, 3.05) is 16.4 Å². The Morgan fingerprint density at radius 3 is 2.55 bits per heavy atom. The SMILES string of the molecule is Nc1n[nH]c2cccc(C(=O)Nc3cccc(CNC(=O)Nc4ccc(F)cc4)c3)c12. The molecule has 1 aromatic heterocycles. The summed E-state index contributed by atoms with van der Waals surface area (Å²) in [6, 6.07) is 17.4. The number of carbonyl (C=O) groups excluding carboxylic acids is 2. The number of nitrogen functional groups attached to an aromatic ring is 1. The highest BCUT2D eigenvalue weighted by Gasteiger charge is 2.14. The zero-order chi connectivity index (χ0) is 21.8. The molecule has 156 valence electrons. The van der Waals surface area contributed by atoms with Crippen molar-refractivity contribution in [1.29, 1.82) is 0 Å². The number of anilines is 3. The van der Waals surface area contributed by atoms with Crippen LogP contribution < -0.4 is 21.7 Å². The number of fused-ring (bicyclic) bond motifs is 1. The Bertz CT molecular complexity index is 1250. The predicted octanol–water partition coefficient (Wildman–Crippen LogP) is 3.86. The topological polar surface area (TPSA) is 125 Å². The second kappa shape index (κ2) is 8.54. The highest BCUT2D eigenvalue weighted by atomic mass is 19.1. The maximum atomic E-state index is 12.9. The number of urea groups is 1. The van der Waals surface area contributed by atoms with Gasteiger partial charge in [-0.3, -0.25) is 9.89 Å². The van der Waals surface area contributed by atoms with E-state index < -0.39 is 6.03 Å². The predicted molar refractivity (Wildman–Crippen MR) is 117 cm³/mol. The maximum Gasteiger partial charge on any atom is 0.319 e. The van der Waals surface area contributed by atoms with Crippen molar-refractivity contribution in [2.24, 2.45) is 0 Å². The van der Waals surface area contributed by atoms with Crippen LogP contribution in [0, 0.1) is 5.82 Å². The summed E-state index contributed by atoms with van der Waals surface area (Å²) in [5, 5.41) is 15.5. The summed E-state index contributed by atoms with van der Waals surface area (Å²) in [4.78, 5) is 24.8. The van der Waals surface area contributed by atoms with E-state index in [9.17, 15) is 14.0 Å². The second-order valence-corrected chi connectivity index (χ2v) is 6.81. The number of halogens is 1. The Morgan fingerprint density at radius 1 is 0.968 bits per heavy atom. The van der Waals surface area contributed by atoms with Gasteiger partial charge in [0.2, 0.25) is 0 Å². The smallest absolute Gasteiger partial charge is 0.319 e. The van der Waals surface area contributed by atoms with Gasteiger partial charge in [0.05, 0.1) is 16.5 Å². The number of hydrogen-bond acceptors (Lipinski definition) is 4. The number of rotatable bonds is 5. The molecule has 3 amide bonds. The van der Waals surface area contributed by atoms with Crippen LogP contribution in [-0.2, 0) is 6.54 Å². The fourth-order valence-corrected chi connectivity index (χ4v) is 3.14. The molecule has 0 aliphatic heterocycles. The maximum absolute atomic E-state index is 12.9. The summed E-state index contributed by atoms with van der Waals surface area (Å²) in [7, 11) is 0. The van der Waals surface area contributed by atoms with Crippen molar-refractivity contribution in [3.63, 3.8) is 0 Å². The Morgan fingerprint density at radius 2 is 1.74 bits per heavy atom. The Labute approximate surface area is 176 Å². The number of hydrogen-bond donors (Lipinski definition) is 5. The zero-order valence-electron chi connectivity index (χ0n) is 16.3. The summed E-state index contributed by atoms with van der Waals surface area (Å²) in [5.74, 6) is -0.444. The van der Waals surface area contributed by atoms with Gasteiger partial charge in [0.25, 0.3) is 5.91 Å². The van der Waals surface area contributed by atoms with Crippen LogP contribution in [0.15, 0.2) is 66.7 Å². The number of H-pyrrole nitrogens is 1. The van der Waals surface area contributed by atoms with Crippen LogP contribution in [0.4, 0.5) is 26.4 Å². The summed E-state index contributed by atoms with van der Waals surface area (Å²) in [5.41, 5.74) is 8.80. The number of amides is 3. The molecule has 0 atom stereocenters. The lowest BCUT2D eigenvalue weighted by atomic mass is 10.1. The lowest BCUT2D eigenvalue weighted by molar-refractivity contribution is 0.102. The van der Waals surface area contributed by atoms with E-state index in [-0.39, 0.29) is 24.1 Å². The summed E-state index contributed by atoms with van der Waals surface area (Å²) in [6.07, 6.45) is 0. The van der Waals surface area contributed by atoms with Gasteiger partial charge in [-0.05, 0) is 54.1 Å². The molecule has 0 unspecified atom stereocenters. The van der Waals surface area contributed by atoms with Gasteiger partial charge in [-0.25, -0.2) is 9.18 Å². The largest absolute Gasteiger partial charge is 0.382 e. The van der Waals surface area contributed by atoms with Gasteiger partial charge in [0.1, 0.15) is 5.82 Å². The number of aromatic nitrogens is 2. The zero-order valence-corrected chi connectivity index (χ0v) is 16.3. The fraction of sp³-hybridized carbons (Fsp3) is 0.0455. The van der Waals surface area contributed by atoms with Gasteiger partial charge in [0.15, 0.2) is 5.82 Å². The third kappa shape index (κ3) is 4.61. The number of nitrogens with two attached hydrogens (primary N) is 1. The van der Waals surface area contributed by atoms with Crippen LogP contribution in [0.5, 0.6) is 0 Å². The minimum atomic E-state index is -0.428. The van der Waals surface area contributed by atoms with Crippen LogP contribution in [-0.4, -0.2) is 22.1 Å². The summed E-state index contributed by atoms with van der Waals surface area (Å²) >= 11 is 0. The number of aromatic amines is 1. The molecule has 0 aliphatic rings. The van der Waals surface area contributed by atoms with E-state index in [1.165, 1.54) is 24.3 Å². The highest BCUT2D eigenvalue weighted by molar-refractivity contribution is 6.14. The molecule has 6 N–H and O–H groups in total. The molecule has 4 rings (SSSR count). The van der Waals surface area contributed by atoms with E-state index in [2.05, 4.69) is 26.1 Å². The van der Waals surface area contributed by atoms with Crippen LogP contribution in [0.25, 0.3) is 10.9 Å². The first-order chi connectivity index (χ1) is 15.0. The molecule has 8 nitrogen and oxygen atoms in total. The van der Waals surface area contributed by atoms with Crippen molar-refractivity contribution >= 4 is 40.0 Å². The highest BCUT2D eigenvalue weighted by Crippen LogP contribution is 2.23. The van der Waals surface area contributed by atoms with Crippen LogP contribution in [0.2, 0.25) is 0 Å². The van der Waals surface area contributed by atoms with E-state index in [0.29, 0.717) is 27.8 Å². The van der Waals surface area contributed by atoms with Crippen molar-refractivity contribution < 1.29 is 14.0 Å². The van der Waals surface area contributed by atoms with E-state index in [4.69, 9.17) is 5.73 Å². The molecule has 31 heavy (non-hydrogen) atoms. The van der Waals surface area contributed by atoms with Crippen molar-refractivity contribution in [3.05, 3.63) is 83.7 Å². The van der Waals surface area contributed by atoms with E-state index in [0.717, 1.165) is 5.56 Å². The molecular formula is C22H19FN6O2. The van der Waals surface area contributed by atoms with E-state index in [1.54, 1.807) is 36.4 Å². The standard InChI is InChI=1S/C22H19FN6O2/c23-14-7-9-15(10-8-14)27-22(31)25-12-13-3-1-4-16(11-13)26-21(30)17-5-2-6-18-19(17)20(24)29-28-18/h1-11H,12H2,(H,26,30)(H3,24,28,29)(H2,25,27,31). The first-order valence-electron chi connectivity index (χ1n) is 9.43. The molecule has 4 aromatic rings. The van der Waals surface area contributed by atoms with Gasteiger partial charge < -0.3 is 21.7 Å². The molecule has 9 heteroatoms. The van der Waals surface area contributed by atoms with E-state index >= 15 is 0 Å². The number of benzene rings is 3. The van der Waals surface area contributed by atoms with E-state index in [1.807, 2.05) is 6.07 Å². The molecular weight excluding hydrogens is 399 g/mol. The minimum absolute atomic E-state index is 0.237. The molecule has 0 bridgehead atoms. The fourth-order valence-electron chi connectivity index (χ4n) is 3.14. The van der Waals surface area contributed by atoms with Gasteiger partial charge in [-0.15, -0.1) is 0 Å². The molecule has 0 spiro atoms. The van der Waals surface area contributed by atoms with Crippen molar-refractivity contribution in [3.8, 4) is 0 Å². The molecule has 0 saturated heterocycles.